The van der Waals surface area contributed by atoms with Crippen molar-refractivity contribution >= 4 is 5.91 Å². The summed E-state index contributed by atoms with van der Waals surface area (Å²) in [4.78, 5) is 10.8. The van der Waals surface area contributed by atoms with Gasteiger partial charge < -0.3 is 15.4 Å². The van der Waals surface area contributed by atoms with Crippen LogP contribution in [0.5, 0.6) is 0 Å². The Morgan fingerprint density at radius 2 is 2.25 bits per heavy atom. The van der Waals surface area contributed by atoms with E-state index in [0.29, 0.717) is 13.2 Å². The summed E-state index contributed by atoms with van der Waals surface area (Å²) in [6.45, 7) is 3.06. The summed E-state index contributed by atoms with van der Waals surface area (Å²) in [7, 11) is 3.28. The molecule has 0 rings (SSSR count). The van der Waals surface area contributed by atoms with Crippen LogP contribution in [0.1, 0.15) is 13.3 Å². The monoisotopic (exact) mass is 174 g/mol. The van der Waals surface area contributed by atoms with E-state index < -0.39 is 0 Å². The number of carbonyl (C=O) groups excluding carboxylic acids is 1. The van der Waals surface area contributed by atoms with Crippen molar-refractivity contribution in [2.75, 3.05) is 27.3 Å². The predicted octanol–water partition coefficient (Wildman–Crippen LogP) is -0.253. The molecule has 1 atom stereocenters. The van der Waals surface area contributed by atoms with Crippen LogP contribution in [0.25, 0.3) is 0 Å². The Hall–Kier alpha value is -0.610. The maximum absolute atomic E-state index is 10.8. The molecule has 0 spiro atoms. The van der Waals surface area contributed by atoms with E-state index in [9.17, 15) is 4.79 Å². The number of amides is 1. The van der Waals surface area contributed by atoms with Gasteiger partial charge in [-0.2, -0.15) is 0 Å². The molecule has 72 valence electrons. The van der Waals surface area contributed by atoms with Gasteiger partial charge in [-0.05, 0) is 6.42 Å². The molecular weight excluding hydrogens is 156 g/mol. The third kappa shape index (κ3) is 5.09. The highest BCUT2D eigenvalue weighted by Gasteiger charge is 2.05. The van der Waals surface area contributed by atoms with Crippen molar-refractivity contribution in [3.8, 4) is 0 Å². The van der Waals surface area contributed by atoms with Gasteiger partial charge >= 0.3 is 0 Å². The topological polar surface area (TPSA) is 50.4 Å². The van der Waals surface area contributed by atoms with Crippen LogP contribution in [-0.2, 0) is 9.53 Å². The molecule has 4 nitrogen and oxygen atoms in total. The fraction of sp³-hybridized carbons (Fsp3) is 0.875. The van der Waals surface area contributed by atoms with E-state index in [0.717, 1.165) is 6.42 Å². The molecule has 1 unspecified atom stereocenters. The third-order valence-electron chi connectivity index (χ3n) is 1.69. The highest BCUT2D eigenvalue weighted by Crippen LogP contribution is 1.89. The molecule has 0 aliphatic rings. The van der Waals surface area contributed by atoms with Crippen molar-refractivity contribution in [3.05, 3.63) is 0 Å². The minimum absolute atomic E-state index is 0.00422. The van der Waals surface area contributed by atoms with Gasteiger partial charge in [-0.25, -0.2) is 0 Å². The molecule has 0 heterocycles. The molecule has 0 aliphatic heterocycles. The molecule has 2 N–H and O–H groups in total. The summed E-state index contributed by atoms with van der Waals surface area (Å²) >= 11 is 0. The average molecular weight is 174 g/mol. The summed E-state index contributed by atoms with van der Waals surface area (Å²) in [5.41, 5.74) is 0. The number of nitrogens with one attached hydrogen (secondary N) is 2. The van der Waals surface area contributed by atoms with Gasteiger partial charge in [-0.3, -0.25) is 4.79 Å². The number of hydrogen-bond donors (Lipinski definition) is 2. The second-order valence-electron chi connectivity index (χ2n) is 2.61. The Morgan fingerprint density at radius 1 is 1.58 bits per heavy atom. The SMILES string of the molecule is CCC(COC)NCC(=O)NC. The molecule has 0 saturated heterocycles. The van der Waals surface area contributed by atoms with Crippen LogP contribution >= 0.6 is 0 Å². The predicted molar refractivity (Wildman–Crippen MR) is 48.0 cm³/mol. The van der Waals surface area contributed by atoms with Crippen molar-refractivity contribution in [1.82, 2.24) is 10.6 Å². The first-order valence-electron chi connectivity index (χ1n) is 4.17. The molecule has 0 bridgehead atoms. The molecule has 0 aromatic heterocycles. The van der Waals surface area contributed by atoms with E-state index in [1.807, 2.05) is 0 Å². The number of rotatable bonds is 6. The fourth-order valence-electron chi connectivity index (χ4n) is 0.848. The number of likely N-dealkylation sites (N-methyl/N-ethyl adjacent to an activating group) is 1. The lowest BCUT2D eigenvalue weighted by Crippen LogP contribution is -2.39. The van der Waals surface area contributed by atoms with Crippen LogP contribution < -0.4 is 10.6 Å². The first-order chi connectivity index (χ1) is 5.74. The number of methoxy groups -OCH3 is 1. The van der Waals surface area contributed by atoms with Crippen LogP contribution in [0, 0.1) is 0 Å². The molecule has 0 aromatic carbocycles. The molecule has 12 heavy (non-hydrogen) atoms. The fourth-order valence-corrected chi connectivity index (χ4v) is 0.848. The minimum atomic E-state index is 0.00422. The zero-order chi connectivity index (χ0) is 9.40. The molecule has 1 amide bonds. The zero-order valence-corrected chi connectivity index (χ0v) is 8.02. The summed E-state index contributed by atoms with van der Waals surface area (Å²) in [5.74, 6) is 0.00422. The van der Waals surface area contributed by atoms with E-state index in [1.165, 1.54) is 0 Å². The quantitative estimate of drug-likeness (QED) is 0.583. The van der Waals surface area contributed by atoms with Crippen molar-refractivity contribution in [3.63, 3.8) is 0 Å². The van der Waals surface area contributed by atoms with Gasteiger partial charge in [-0.15, -0.1) is 0 Å². The Labute approximate surface area is 73.7 Å². The van der Waals surface area contributed by atoms with E-state index in [-0.39, 0.29) is 11.9 Å². The lowest BCUT2D eigenvalue weighted by Gasteiger charge is -2.14. The summed E-state index contributed by atoms with van der Waals surface area (Å²) in [6, 6.07) is 0.271. The highest BCUT2D eigenvalue weighted by atomic mass is 16.5. The second kappa shape index (κ2) is 7.06. The standard InChI is InChI=1S/C8H18N2O2/c1-4-7(6-12-3)10-5-8(11)9-2/h7,10H,4-6H2,1-3H3,(H,9,11). The average Bonchev–Trinajstić information content (AvgIpc) is 2.11. The van der Waals surface area contributed by atoms with Crippen LogP contribution in [0.15, 0.2) is 0 Å². The Balaban J connectivity index is 3.50. The van der Waals surface area contributed by atoms with Crippen molar-refractivity contribution < 1.29 is 9.53 Å². The second-order valence-corrected chi connectivity index (χ2v) is 2.61. The zero-order valence-electron chi connectivity index (χ0n) is 8.02. The number of hydrogen-bond acceptors (Lipinski definition) is 3. The Morgan fingerprint density at radius 3 is 2.67 bits per heavy atom. The largest absolute Gasteiger partial charge is 0.383 e. The maximum Gasteiger partial charge on any atom is 0.233 e. The van der Waals surface area contributed by atoms with E-state index in [1.54, 1.807) is 14.2 Å². The first-order valence-corrected chi connectivity index (χ1v) is 4.17. The molecule has 0 fully saturated rings. The summed E-state index contributed by atoms with van der Waals surface area (Å²) < 4.78 is 4.97. The van der Waals surface area contributed by atoms with Crippen LogP contribution in [0.3, 0.4) is 0 Å². The van der Waals surface area contributed by atoms with Crippen LogP contribution in [-0.4, -0.2) is 39.3 Å². The van der Waals surface area contributed by atoms with Crippen molar-refractivity contribution in [1.29, 1.82) is 0 Å². The van der Waals surface area contributed by atoms with E-state index in [4.69, 9.17) is 4.74 Å². The lowest BCUT2D eigenvalue weighted by molar-refractivity contribution is -0.119. The minimum Gasteiger partial charge on any atom is -0.383 e. The molecule has 0 aliphatic carbocycles. The Bertz CT molecular complexity index is 128. The van der Waals surface area contributed by atoms with Gasteiger partial charge in [0.15, 0.2) is 0 Å². The molecule has 0 radical (unpaired) electrons. The first kappa shape index (κ1) is 11.4. The highest BCUT2D eigenvalue weighted by molar-refractivity contribution is 5.77. The van der Waals surface area contributed by atoms with Gasteiger partial charge in [-0.1, -0.05) is 6.92 Å². The number of ether oxygens (including phenoxy) is 1. The smallest absolute Gasteiger partial charge is 0.233 e. The molecular formula is C8H18N2O2. The van der Waals surface area contributed by atoms with E-state index >= 15 is 0 Å². The number of carbonyl (C=O) groups is 1. The molecule has 0 saturated carbocycles. The third-order valence-corrected chi connectivity index (χ3v) is 1.69. The van der Waals surface area contributed by atoms with Gasteiger partial charge in [0.2, 0.25) is 5.91 Å². The van der Waals surface area contributed by atoms with E-state index in [2.05, 4.69) is 17.6 Å². The van der Waals surface area contributed by atoms with Gasteiger partial charge in [0.25, 0.3) is 0 Å². The Kier molecular flexibility index (Phi) is 6.70. The molecule has 0 aromatic rings. The van der Waals surface area contributed by atoms with Crippen molar-refractivity contribution in [2.45, 2.75) is 19.4 Å². The molecule has 4 heteroatoms. The summed E-state index contributed by atoms with van der Waals surface area (Å²) in [6.07, 6.45) is 0.963. The van der Waals surface area contributed by atoms with Gasteiger partial charge in [0.05, 0.1) is 13.2 Å². The summed E-state index contributed by atoms with van der Waals surface area (Å²) in [5, 5.41) is 5.63. The van der Waals surface area contributed by atoms with Crippen LogP contribution in [0.4, 0.5) is 0 Å². The van der Waals surface area contributed by atoms with Crippen LogP contribution in [0.2, 0.25) is 0 Å². The normalized spacial score (nSPS) is 12.6. The maximum atomic E-state index is 10.8. The van der Waals surface area contributed by atoms with Gasteiger partial charge in [0.1, 0.15) is 0 Å². The van der Waals surface area contributed by atoms with Crippen molar-refractivity contribution in [2.24, 2.45) is 0 Å². The lowest BCUT2D eigenvalue weighted by atomic mass is 10.2. The van der Waals surface area contributed by atoms with Gasteiger partial charge in [0, 0.05) is 20.2 Å².